The maximum Gasteiger partial charge on any atom is 0.254 e. The second-order valence-corrected chi connectivity index (χ2v) is 9.18. The van der Waals surface area contributed by atoms with Crippen LogP contribution in [0.15, 0.2) is 42.5 Å². The average molecular weight is 506 g/mol. The first-order chi connectivity index (χ1) is 12.6. The highest BCUT2D eigenvalue weighted by Crippen LogP contribution is 2.30. The van der Waals surface area contributed by atoms with Crippen molar-refractivity contribution in [3.05, 3.63) is 63.1 Å². The highest BCUT2D eigenvalue weighted by atomic mass is 35.6. The predicted molar refractivity (Wildman–Crippen MR) is 119 cm³/mol. The smallest absolute Gasteiger partial charge is 0.254 e. The number of carbonyl (C=O) groups excluding carboxylic acids is 1. The third-order valence-corrected chi connectivity index (χ3v) is 4.93. The average Bonchev–Trinajstić information content (AvgIpc) is 2.56. The quantitative estimate of drug-likeness (QED) is 0.268. The molecule has 2 aromatic carbocycles. The molecule has 0 saturated heterocycles. The van der Waals surface area contributed by atoms with Gasteiger partial charge in [-0.05, 0) is 42.5 Å². The Balaban J connectivity index is 2.11. The Morgan fingerprint density at radius 3 is 2.22 bits per heavy atom. The van der Waals surface area contributed by atoms with Gasteiger partial charge >= 0.3 is 0 Å². The highest BCUT2D eigenvalue weighted by Gasteiger charge is 2.35. The van der Waals surface area contributed by atoms with Crippen LogP contribution in [0.5, 0.6) is 0 Å². The van der Waals surface area contributed by atoms with Gasteiger partial charge in [-0.25, -0.2) is 0 Å². The maximum atomic E-state index is 12.4. The summed E-state index contributed by atoms with van der Waals surface area (Å²) in [5.41, 5.74) is 0.707. The van der Waals surface area contributed by atoms with E-state index in [9.17, 15) is 4.79 Å². The Morgan fingerprint density at radius 2 is 1.63 bits per heavy atom. The minimum Gasteiger partial charge on any atom is -0.339 e. The van der Waals surface area contributed by atoms with Crippen molar-refractivity contribution in [1.29, 1.82) is 0 Å². The SMILES string of the molecule is O=C(NC(NC(=S)Nc1ccc(Cl)cc1Cl)C(Cl)(Cl)Cl)c1ccccc1Cl. The molecule has 1 atom stereocenters. The number of hydrogen-bond donors (Lipinski definition) is 3. The number of benzene rings is 2. The summed E-state index contributed by atoms with van der Waals surface area (Å²) in [6.45, 7) is 0. The molecule has 11 heteroatoms. The molecule has 0 radical (unpaired) electrons. The van der Waals surface area contributed by atoms with Crippen LogP contribution in [0.3, 0.4) is 0 Å². The second-order valence-electron chi connectivity index (χ2n) is 5.15. The first kappa shape index (κ1) is 22.6. The van der Waals surface area contributed by atoms with Crippen molar-refractivity contribution in [1.82, 2.24) is 10.6 Å². The van der Waals surface area contributed by atoms with Gasteiger partial charge in [0.15, 0.2) is 5.11 Å². The minimum atomic E-state index is -1.91. The van der Waals surface area contributed by atoms with Crippen LogP contribution in [0.25, 0.3) is 0 Å². The Kier molecular flexibility index (Phi) is 8.13. The topological polar surface area (TPSA) is 53.2 Å². The van der Waals surface area contributed by atoms with E-state index < -0.39 is 15.9 Å². The normalized spacial score (nSPS) is 12.2. The molecule has 2 aromatic rings. The van der Waals surface area contributed by atoms with Crippen molar-refractivity contribution < 1.29 is 4.79 Å². The fourth-order valence-electron chi connectivity index (χ4n) is 1.93. The lowest BCUT2D eigenvalue weighted by Gasteiger charge is -2.28. The van der Waals surface area contributed by atoms with E-state index >= 15 is 0 Å². The molecular weight excluding hydrogens is 495 g/mol. The van der Waals surface area contributed by atoms with E-state index in [1.54, 1.807) is 36.4 Å². The van der Waals surface area contributed by atoms with E-state index in [1.807, 2.05) is 0 Å². The van der Waals surface area contributed by atoms with Crippen molar-refractivity contribution in [2.45, 2.75) is 9.96 Å². The number of halogens is 6. The van der Waals surface area contributed by atoms with Gasteiger partial charge < -0.3 is 16.0 Å². The van der Waals surface area contributed by atoms with Gasteiger partial charge in [0.1, 0.15) is 6.17 Å². The van der Waals surface area contributed by atoms with Gasteiger partial charge in [0, 0.05) is 5.02 Å². The summed E-state index contributed by atoms with van der Waals surface area (Å²) >= 11 is 41.0. The van der Waals surface area contributed by atoms with Gasteiger partial charge in [-0.2, -0.15) is 0 Å². The molecule has 0 aliphatic rings. The first-order valence-corrected chi connectivity index (χ1v) is 9.90. The van der Waals surface area contributed by atoms with Crippen LogP contribution in [0.1, 0.15) is 10.4 Å². The van der Waals surface area contributed by atoms with Gasteiger partial charge in [-0.1, -0.05) is 81.7 Å². The minimum absolute atomic E-state index is 0.0648. The molecule has 4 nitrogen and oxygen atoms in total. The van der Waals surface area contributed by atoms with Crippen molar-refractivity contribution in [3.8, 4) is 0 Å². The summed E-state index contributed by atoms with van der Waals surface area (Å²) in [5, 5.41) is 9.24. The molecular formula is C16H11Cl6N3OS. The van der Waals surface area contributed by atoms with Gasteiger partial charge in [0.2, 0.25) is 3.79 Å². The van der Waals surface area contributed by atoms with Crippen molar-refractivity contribution >= 4 is 98.5 Å². The van der Waals surface area contributed by atoms with Crippen LogP contribution in [0.2, 0.25) is 15.1 Å². The molecule has 0 aliphatic heterocycles. The largest absolute Gasteiger partial charge is 0.339 e. The number of amides is 1. The molecule has 1 unspecified atom stereocenters. The van der Waals surface area contributed by atoms with E-state index in [-0.39, 0.29) is 15.7 Å². The van der Waals surface area contributed by atoms with Gasteiger partial charge in [0.05, 0.1) is 21.3 Å². The molecule has 0 spiro atoms. The molecule has 0 saturated carbocycles. The summed E-state index contributed by atoms with van der Waals surface area (Å²) in [5.74, 6) is -0.545. The number of nitrogens with one attached hydrogen (secondary N) is 3. The van der Waals surface area contributed by atoms with Crippen LogP contribution in [0.4, 0.5) is 5.69 Å². The van der Waals surface area contributed by atoms with Gasteiger partial charge in [-0.3, -0.25) is 4.79 Å². The Hall–Kier alpha value is -0.660. The van der Waals surface area contributed by atoms with Crippen molar-refractivity contribution in [2.75, 3.05) is 5.32 Å². The molecule has 1 amide bonds. The van der Waals surface area contributed by atoms with Crippen LogP contribution >= 0.6 is 81.8 Å². The van der Waals surface area contributed by atoms with E-state index in [2.05, 4.69) is 16.0 Å². The van der Waals surface area contributed by atoms with Gasteiger partial charge in [0.25, 0.3) is 5.91 Å². The third kappa shape index (κ3) is 6.71. The van der Waals surface area contributed by atoms with Crippen LogP contribution in [-0.2, 0) is 0 Å². The molecule has 3 N–H and O–H groups in total. The van der Waals surface area contributed by atoms with Crippen LogP contribution in [0, 0.1) is 0 Å². The highest BCUT2D eigenvalue weighted by molar-refractivity contribution is 7.80. The van der Waals surface area contributed by atoms with E-state index in [0.717, 1.165) is 0 Å². The van der Waals surface area contributed by atoms with Crippen LogP contribution < -0.4 is 16.0 Å². The molecule has 27 heavy (non-hydrogen) atoms. The predicted octanol–water partition coefficient (Wildman–Crippen LogP) is 6.06. The summed E-state index contributed by atoms with van der Waals surface area (Å²) in [7, 11) is 0. The summed E-state index contributed by atoms with van der Waals surface area (Å²) in [6.07, 6.45) is -1.16. The lowest BCUT2D eigenvalue weighted by molar-refractivity contribution is 0.0934. The Morgan fingerprint density at radius 1 is 0.963 bits per heavy atom. The molecule has 2 rings (SSSR count). The molecule has 0 bridgehead atoms. The van der Waals surface area contributed by atoms with E-state index in [0.29, 0.717) is 15.7 Å². The molecule has 0 aliphatic carbocycles. The second kappa shape index (κ2) is 9.70. The van der Waals surface area contributed by atoms with Crippen LogP contribution in [-0.4, -0.2) is 21.0 Å². The zero-order valence-corrected chi connectivity index (χ0v) is 18.6. The number of rotatable bonds is 4. The molecule has 144 valence electrons. The maximum absolute atomic E-state index is 12.4. The number of carbonyl (C=O) groups is 1. The summed E-state index contributed by atoms with van der Waals surface area (Å²) in [4.78, 5) is 12.4. The third-order valence-electron chi connectivity index (χ3n) is 3.18. The van der Waals surface area contributed by atoms with Crippen molar-refractivity contribution in [2.24, 2.45) is 0 Å². The summed E-state index contributed by atoms with van der Waals surface area (Å²) < 4.78 is -1.91. The Bertz CT molecular complexity index is 858. The first-order valence-electron chi connectivity index (χ1n) is 7.22. The number of hydrogen-bond acceptors (Lipinski definition) is 2. The van der Waals surface area contributed by atoms with Crippen molar-refractivity contribution in [3.63, 3.8) is 0 Å². The van der Waals surface area contributed by atoms with E-state index in [4.69, 9.17) is 81.8 Å². The summed E-state index contributed by atoms with van der Waals surface area (Å²) in [6, 6.07) is 11.3. The molecule has 0 fully saturated rings. The lowest BCUT2D eigenvalue weighted by atomic mass is 10.2. The number of alkyl halides is 3. The fourth-order valence-corrected chi connectivity index (χ4v) is 3.17. The zero-order valence-electron chi connectivity index (χ0n) is 13.2. The van der Waals surface area contributed by atoms with E-state index in [1.165, 1.54) is 6.07 Å². The lowest BCUT2D eigenvalue weighted by Crippen LogP contribution is -2.56. The fraction of sp³-hybridized carbons (Fsp3) is 0.125. The molecule has 0 heterocycles. The Labute approximate surface area is 191 Å². The molecule has 0 aromatic heterocycles. The number of thiocarbonyl (C=S) groups is 1. The zero-order chi connectivity index (χ0) is 20.2. The monoisotopic (exact) mass is 503 g/mol. The standard InChI is InChI=1S/C16H11Cl6N3OS/c17-8-5-6-12(11(19)7-8)23-15(27)25-14(16(20,21)22)24-13(26)9-3-1-2-4-10(9)18/h1-7,14H,(H,24,26)(H2,23,25,27). The number of anilines is 1. The van der Waals surface area contributed by atoms with Gasteiger partial charge in [-0.15, -0.1) is 0 Å².